The zero-order chi connectivity index (χ0) is 31.3. The van der Waals surface area contributed by atoms with Crippen LogP contribution >= 0.6 is 45.8 Å². The number of aryl methyl sites for hydroxylation is 1. The van der Waals surface area contributed by atoms with Crippen molar-refractivity contribution < 1.29 is 28.7 Å². The Morgan fingerprint density at radius 1 is 0.864 bits per heavy atom. The number of rotatable bonds is 3. The second-order valence-corrected chi connectivity index (χ2v) is 14.3. The molecular formula is C33H24Cl2FIN2O5. The predicted octanol–water partition coefficient (Wildman–Crippen LogP) is 6.21. The van der Waals surface area contributed by atoms with Gasteiger partial charge in [0.05, 0.1) is 23.2 Å². The molecule has 6 unspecified atom stereocenters. The van der Waals surface area contributed by atoms with E-state index in [4.69, 9.17) is 23.2 Å². The average Bonchev–Trinajstić information content (AvgIpc) is 3.33. The van der Waals surface area contributed by atoms with Crippen molar-refractivity contribution in [1.82, 2.24) is 0 Å². The monoisotopic (exact) mass is 744 g/mol. The minimum absolute atomic E-state index is 0.0334. The van der Waals surface area contributed by atoms with Gasteiger partial charge in [0.25, 0.3) is 11.8 Å². The number of alkyl halides is 2. The van der Waals surface area contributed by atoms with E-state index in [0.29, 0.717) is 22.4 Å². The number of halogens is 4. The summed E-state index contributed by atoms with van der Waals surface area (Å²) in [6.07, 6.45) is 1.93. The number of imide groups is 2. The van der Waals surface area contributed by atoms with Crippen molar-refractivity contribution >= 4 is 80.8 Å². The molecule has 2 aliphatic carbocycles. The molecule has 2 aliphatic heterocycles. The smallest absolute Gasteiger partial charge is 0.258 e. The molecule has 0 spiro atoms. The van der Waals surface area contributed by atoms with Crippen LogP contribution in [-0.2, 0) is 19.2 Å². The average molecular weight is 745 g/mol. The van der Waals surface area contributed by atoms with E-state index >= 15 is 0 Å². The molecule has 3 aromatic carbocycles. The Morgan fingerprint density at radius 3 is 2.16 bits per heavy atom. The number of hydrogen-bond acceptors (Lipinski definition) is 5. The van der Waals surface area contributed by atoms with Gasteiger partial charge >= 0.3 is 0 Å². The van der Waals surface area contributed by atoms with Crippen LogP contribution in [0.4, 0.5) is 15.8 Å². The van der Waals surface area contributed by atoms with E-state index in [0.717, 1.165) is 20.6 Å². The number of anilines is 2. The van der Waals surface area contributed by atoms with Crippen LogP contribution < -0.4 is 9.80 Å². The Kier molecular flexibility index (Phi) is 6.77. The van der Waals surface area contributed by atoms with Gasteiger partial charge in [-0.15, -0.1) is 23.2 Å². The second-order valence-electron chi connectivity index (χ2n) is 11.8. The number of aromatic hydroxyl groups is 1. The summed E-state index contributed by atoms with van der Waals surface area (Å²) < 4.78 is 14.8. The highest BCUT2D eigenvalue weighted by Crippen LogP contribution is 2.66. The lowest BCUT2D eigenvalue weighted by atomic mass is 9.56. The summed E-state index contributed by atoms with van der Waals surface area (Å²) in [4.78, 5) is 54.6. The largest absolute Gasteiger partial charge is 0.508 e. The molecule has 2 heterocycles. The normalized spacial score (nSPS) is 31.2. The minimum Gasteiger partial charge on any atom is -0.508 e. The first kappa shape index (κ1) is 29.4. The lowest BCUT2D eigenvalue weighted by Gasteiger charge is -2.50. The standard InChI is InChI=1S/C33H24Cl2FIN2O5/c1-16-14-17(2-13-25(16)40)27-22-11-12-23-26(29(42)38(28(23)41)20-9-5-19(37)6-10-20)24(22)15-32(34)30(43)39(31(44)33(27,32)35)21-7-3-18(36)4-8-21/h2-11,13-14,23-24,26-27,40H,12,15H2,1H3. The summed E-state index contributed by atoms with van der Waals surface area (Å²) in [5.74, 6) is -5.96. The Morgan fingerprint density at radius 2 is 1.50 bits per heavy atom. The van der Waals surface area contributed by atoms with Crippen molar-refractivity contribution in [3.63, 3.8) is 0 Å². The topological polar surface area (TPSA) is 95.0 Å². The first-order chi connectivity index (χ1) is 20.9. The minimum atomic E-state index is -2.03. The third-order valence-electron chi connectivity index (χ3n) is 9.53. The van der Waals surface area contributed by atoms with E-state index in [2.05, 4.69) is 22.6 Å². The molecule has 0 radical (unpaired) electrons. The van der Waals surface area contributed by atoms with Crippen LogP contribution in [0.5, 0.6) is 5.75 Å². The summed E-state index contributed by atoms with van der Waals surface area (Å²) in [7, 11) is 0. The number of carbonyl (C=O) groups is 4. The molecule has 44 heavy (non-hydrogen) atoms. The zero-order valence-electron chi connectivity index (χ0n) is 23.1. The zero-order valence-corrected chi connectivity index (χ0v) is 26.8. The third kappa shape index (κ3) is 3.91. The highest BCUT2D eigenvalue weighted by molar-refractivity contribution is 14.1. The van der Waals surface area contributed by atoms with Crippen LogP contribution in [0.3, 0.4) is 0 Å². The van der Waals surface area contributed by atoms with E-state index < -0.39 is 57.0 Å². The molecular weight excluding hydrogens is 721 g/mol. The number of fused-ring (bicyclic) bond motifs is 4. The molecule has 4 aliphatic rings. The van der Waals surface area contributed by atoms with Gasteiger partial charge in [0, 0.05) is 9.49 Å². The van der Waals surface area contributed by atoms with E-state index in [1.165, 1.54) is 23.1 Å². The molecule has 2 saturated heterocycles. The molecule has 0 aromatic heterocycles. The summed E-state index contributed by atoms with van der Waals surface area (Å²) in [5, 5.41) is 10.3. The molecule has 6 atom stereocenters. The molecule has 4 amide bonds. The highest BCUT2D eigenvalue weighted by Gasteiger charge is 2.76. The number of phenols is 1. The van der Waals surface area contributed by atoms with Crippen molar-refractivity contribution in [2.45, 2.75) is 35.4 Å². The number of carbonyl (C=O) groups excluding carboxylic acids is 4. The Hall–Kier alpha value is -3.28. The molecule has 3 fully saturated rings. The maximum Gasteiger partial charge on any atom is 0.258 e. The maximum atomic E-state index is 14.4. The Labute approximate surface area is 275 Å². The van der Waals surface area contributed by atoms with E-state index in [9.17, 15) is 28.7 Å². The van der Waals surface area contributed by atoms with Crippen LogP contribution in [0.15, 0.2) is 78.4 Å². The van der Waals surface area contributed by atoms with Crippen molar-refractivity contribution in [2.75, 3.05) is 9.80 Å². The summed E-state index contributed by atoms with van der Waals surface area (Å²) in [6, 6.07) is 16.8. The van der Waals surface area contributed by atoms with Gasteiger partial charge in [-0.2, -0.15) is 0 Å². The summed E-state index contributed by atoms with van der Waals surface area (Å²) in [5.41, 5.74) is 2.27. The SMILES string of the molecule is Cc1cc(C2C3=CCC4C(=O)N(c5ccc(I)cc5)C(=O)C4C3CC3(Cl)C(=O)N(c4ccc(F)cc4)C(=O)C23Cl)ccc1O. The third-order valence-corrected chi connectivity index (χ3v) is 11.7. The predicted molar refractivity (Wildman–Crippen MR) is 171 cm³/mol. The molecule has 1 saturated carbocycles. The lowest BCUT2D eigenvalue weighted by molar-refractivity contribution is -0.125. The van der Waals surface area contributed by atoms with Crippen LogP contribution in [0.25, 0.3) is 0 Å². The number of amides is 4. The molecule has 7 rings (SSSR count). The first-order valence-corrected chi connectivity index (χ1v) is 15.9. The maximum absolute atomic E-state index is 14.4. The number of hydrogen-bond donors (Lipinski definition) is 1. The van der Waals surface area contributed by atoms with Gasteiger partial charge in [-0.3, -0.25) is 24.1 Å². The summed E-state index contributed by atoms with van der Waals surface area (Å²) in [6.45, 7) is 1.70. The van der Waals surface area contributed by atoms with Gasteiger partial charge in [-0.05, 0) is 114 Å². The van der Waals surface area contributed by atoms with Crippen molar-refractivity contribution in [3.05, 3.63) is 98.9 Å². The van der Waals surface area contributed by atoms with Crippen LogP contribution in [-0.4, -0.2) is 38.5 Å². The molecule has 3 aromatic rings. The summed E-state index contributed by atoms with van der Waals surface area (Å²) >= 11 is 16.9. The Bertz CT molecular complexity index is 1820. The lowest BCUT2D eigenvalue weighted by Crippen LogP contribution is -2.60. The van der Waals surface area contributed by atoms with Gasteiger partial charge in [0.2, 0.25) is 11.8 Å². The Balaban J connectivity index is 1.40. The molecule has 11 heteroatoms. The highest BCUT2D eigenvalue weighted by atomic mass is 127. The second kappa shape index (κ2) is 10.1. The quantitative estimate of drug-likeness (QED) is 0.149. The first-order valence-electron chi connectivity index (χ1n) is 14.0. The number of allylic oxidation sites excluding steroid dienone is 2. The molecule has 224 valence electrons. The van der Waals surface area contributed by atoms with E-state index in [1.807, 2.05) is 18.2 Å². The van der Waals surface area contributed by atoms with Crippen LogP contribution in [0.1, 0.15) is 29.9 Å². The number of nitrogens with zero attached hydrogens (tertiary/aromatic N) is 2. The fraction of sp³-hybridized carbons (Fsp3) is 0.273. The fourth-order valence-electron chi connectivity index (χ4n) is 7.48. The van der Waals surface area contributed by atoms with Gasteiger partial charge in [0.1, 0.15) is 11.6 Å². The van der Waals surface area contributed by atoms with Gasteiger partial charge in [-0.25, -0.2) is 9.29 Å². The fourth-order valence-corrected chi connectivity index (χ4v) is 8.77. The van der Waals surface area contributed by atoms with Crippen LogP contribution in [0.2, 0.25) is 0 Å². The number of benzene rings is 3. The number of phenolic OH excluding ortho intramolecular Hbond substituents is 1. The van der Waals surface area contributed by atoms with Crippen molar-refractivity contribution in [2.24, 2.45) is 17.8 Å². The van der Waals surface area contributed by atoms with Crippen LogP contribution in [0, 0.1) is 34.1 Å². The van der Waals surface area contributed by atoms with E-state index in [-0.39, 0.29) is 30.2 Å². The van der Waals surface area contributed by atoms with E-state index in [1.54, 1.807) is 31.2 Å². The van der Waals surface area contributed by atoms with Gasteiger partial charge in [0.15, 0.2) is 9.75 Å². The molecule has 0 bridgehead atoms. The molecule has 7 nitrogen and oxygen atoms in total. The van der Waals surface area contributed by atoms with Crippen molar-refractivity contribution in [3.8, 4) is 5.75 Å². The van der Waals surface area contributed by atoms with Gasteiger partial charge < -0.3 is 5.11 Å². The molecule has 1 N–H and O–H groups in total. The van der Waals surface area contributed by atoms with Gasteiger partial charge in [-0.1, -0.05) is 23.8 Å². The van der Waals surface area contributed by atoms with Crippen molar-refractivity contribution in [1.29, 1.82) is 0 Å².